The molecule has 1 atom stereocenters. The molecule has 5 nitrogen and oxygen atoms in total. The summed E-state index contributed by atoms with van der Waals surface area (Å²) >= 11 is 0. The van der Waals surface area contributed by atoms with Crippen molar-refractivity contribution in [2.45, 2.75) is 39.7 Å². The zero-order valence-corrected chi connectivity index (χ0v) is 11.5. The van der Waals surface area contributed by atoms with Gasteiger partial charge in [-0.1, -0.05) is 26.8 Å². The van der Waals surface area contributed by atoms with E-state index in [2.05, 4.69) is 10.3 Å². The molecular formula is C14H20N2O3. The lowest BCUT2D eigenvalue weighted by Gasteiger charge is -2.27. The van der Waals surface area contributed by atoms with E-state index in [1.165, 1.54) is 0 Å². The summed E-state index contributed by atoms with van der Waals surface area (Å²) in [4.78, 5) is 26.9. The van der Waals surface area contributed by atoms with Gasteiger partial charge in [-0.25, -0.2) is 4.79 Å². The maximum atomic E-state index is 11.8. The lowest BCUT2D eigenvalue weighted by atomic mass is 9.86. The molecule has 0 saturated carbocycles. The Bertz CT molecular complexity index is 438. The number of carbonyl (C=O) groups is 2. The first-order chi connectivity index (χ1) is 8.80. The number of pyridine rings is 1. The molecule has 19 heavy (non-hydrogen) atoms. The maximum Gasteiger partial charge on any atom is 0.326 e. The van der Waals surface area contributed by atoms with Crippen LogP contribution in [0.4, 0.5) is 0 Å². The van der Waals surface area contributed by atoms with E-state index >= 15 is 0 Å². The first kappa shape index (κ1) is 15.1. The highest BCUT2D eigenvalue weighted by Gasteiger charge is 2.32. The Kier molecular flexibility index (Phi) is 5.03. The fourth-order valence-corrected chi connectivity index (χ4v) is 1.69. The molecule has 1 aromatic heterocycles. The summed E-state index contributed by atoms with van der Waals surface area (Å²) in [6.45, 7) is 5.35. The molecule has 1 aromatic rings. The molecule has 0 spiro atoms. The van der Waals surface area contributed by atoms with Crippen LogP contribution < -0.4 is 5.32 Å². The molecule has 0 fully saturated rings. The molecule has 1 amide bonds. The van der Waals surface area contributed by atoms with Crippen LogP contribution in [0.15, 0.2) is 24.5 Å². The van der Waals surface area contributed by atoms with E-state index in [4.69, 9.17) is 5.11 Å². The van der Waals surface area contributed by atoms with E-state index in [0.29, 0.717) is 6.42 Å². The minimum atomic E-state index is -1.01. The van der Waals surface area contributed by atoms with Gasteiger partial charge < -0.3 is 10.4 Å². The first-order valence-electron chi connectivity index (χ1n) is 6.22. The quantitative estimate of drug-likeness (QED) is 0.847. The number of carboxylic acid groups (broad SMARTS) is 1. The molecule has 0 aliphatic carbocycles. The molecule has 0 aliphatic heterocycles. The number of aromatic nitrogens is 1. The van der Waals surface area contributed by atoms with Crippen LogP contribution in [0.5, 0.6) is 0 Å². The first-order valence-corrected chi connectivity index (χ1v) is 6.22. The molecule has 104 valence electrons. The summed E-state index contributed by atoms with van der Waals surface area (Å²) in [6, 6.07) is 2.81. The van der Waals surface area contributed by atoms with Crippen molar-refractivity contribution in [2.75, 3.05) is 0 Å². The molecule has 0 radical (unpaired) electrons. The molecule has 0 saturated heterocycles. The molecule has 1 unspecified atom stereocenters. The molecule has 1 rings (SSSR count). The van der Waals surface area contributed by atoms with Crippen LogP contribution in [0, 0.1) is 5.41 Å². The standard InChI is InChI=1S/C14H20N2O3/c1-14(2,3)12(13(18)19)16-11(17)7-6-10-5-4-8-15-9-10/h4-5,8-9,12H,6-7H2,1-3H3,(H,16,17)(H,18,19). The van der Waals surface area contributed by atoms with Gasteiger partial charge in [-0.05, 0) is 23.5 Å². The van der Waals surface area contributed by atoms with Crippen LogP contribution in [-0.4, -0.2) is 28.0 Å². The fourth-order valence-electron chi connectivity index (χ4n) is 1.69. The van der Waals surface area contributed by atoms with Crippen LogP contribution in [0.3, 0.4) is 0 Å². The minimum absolute atomic E-state index is 0.256. The molecule has 2 N–H and O–H groups in total. The third-order valence-electron chi connectivity index (χ3n) is 2.78. The average Bonchev–Trinajstić information content (AvgIpc) is 2.33. The number of amides is 1. The monoisotopic (exact) mass is 264 g/mol. The molecule has 5 heteroatoms. The van der Waals surface area contributed by atoms with Crippen LogP contribution >= 0.6 is 0 Å². The van der Waals surface area contributed by atoms with Crippen molar-refractivity contribution in [2.24, 2.45) is 5.41 Å². The molecule has 0 bridgehead atoms. The third-order valence-corrected chi connectivity index (χ3v) is 2.78. The summed E-state index contributed by atoms with van der Waals surface area (Å²) in [5.41, 5.74) is 0.441. The van der Waals surface area contributed by atoms with Crippen molar-refractivity contribution in [1.29, 1.82) is 0 Å². The second kappa shape index (κ2) is 6.31. The second-order valence-electron chi connectivity index (χ2n) is 5.57. The van der Waals surface area contributed by atoms with Crippen LogP contribution in [0.2, 0.25) is 0 Å². The fraction of sp³-hybridized carbons (Fsp3) is 0.500. The van der Waals surface area contributed by atoms with E-state index in [1.54, 1.807) is 33.2 Å². The summed E-state index contributed by atoms with van der Waals surface area (Å²) in [6.07, 6.45) is 4.18. The van der Waals surface area contributed by atoms with Crippen LogP contribution in [-0.2, 0) is 16.0 Å². The maximum absolute atomic E-state index is 11.8. The number of aryl methyl sites for hydroxylation is 1. The van der Waals surface area contributed by atoms with Crippen molar-refractivity contribution in [3.63, 3.8) is 0 Å². The second-order valence-corrected chi connectivity index (χ2v) is 5.57. The van der Waals surface area contributed by atoms with Gasteiger partial charge in [0.15, 0.2) is 0 Å². The molecule has 0 aliphatic rings. The number of hydrogen-bond donors (Lipinski definition) is 2. The Balaban J connectivity index is 2.52. The number of carboxylic acids is 1. The van der Waals surface area contributed by atoms with E-state index in [9.17, 15) is 9.59 Å². The lowest BCUT2D eigenvalue weighted by molar-refractivity contribution is -0.144. The largest absolute Gasteiger partial charge is 0.480 e. The predicted octanol–water partition coefficient (Wildman–Crippen LogP) is 1.63. The van der Waals surface area contributed by atoms with Gasteiger partial charge in [0.1, 0.15) is 6.04 Å². The Labute approximate surface area is 113 Å². The third kappa shape index (κ3) is 5.07. The summed E-state index contributed by atoms with van der Waals surface area (Å²) in [5.74, 6) is -1.27. The predicted molar refractivity (Wildman–Crippen MR) is 71.6 cm³/mol. The van der Waals surface area contributed by atoms with Crippen molar-refractivity contribution < 1.29 is 14.7 Å². The van der Waals surface area contributed by atoms with Gasteiger partial charge in [0.05, 0.1) is 0 Å². The number of hydrogen-bond acceptors (Lipinski definition) is 3. The van der Waals surface area contributed by atoms with Crippen LogP contribution in [0.25, 0.3) is 0 Å². The zero-order chi connectivity index (χ0) is 14.5. The van der Waals surface area contributed by atoms with E-state index in [0.717, 1.165) is 5.56 Å². The summed E-state index contributed by atoms with van der Waals surface area (Å²) in [5, 5.41) is 11.7. The normalized spacial score (nSPS) is 12.8. The van der Waals surface area contributed by atoms with Gasteiger partial charge in [-0.2, -0.15) is 0 Å². The van der Waals surface area contributed by atoms with E-state index in [-0.39, 0.29) is 12.3 Å². The smallest absolute Gasteiger partial charge is 0.326 e. The van der Waals surface area contributed by atoms with Crippen molar-refractivity contribution in [3.8, 4) is 0 Å². The van der Waals surface area contributed by atoms with Crippen molar-refractivity contribution >= 4 is 11.9 Å². The lowest BCUT2D eigenvalue weighted by Crippen LogP contribution is -2.49. The number of rotatable bonds is 5. The van der Waals surface area contributed by atoms with Gasteiger partial charge >= 0.3 is 5.97 Å². The Morgan fingerprint density at radius 2 is 2.11 bits per heavy atom. The highest BCUT2D eigenvalue weighted by Crippen LogP contribution is 2.19. The van der Waals surface area contributed by atoms with Gasteiger partial charge in [0.2, 0.25) is 5.91 Å². The number of aliphatic carboxylic acids is 1. The summed E-state index contributed by atoms with van der Waals surface area (Å²) in [7, 11) is 0. The average molecular weight is 264 g/mol. The Morgan fingerprint density at radius 1 is 1.42 bits per heavy atom. The Morgan fingerprint density at radius 3 is 2.58 bits per heavy atom. The minimum Gasteiger partial charge on any atom is -0.480 e. The molecule has 0 aromatic carbocycles. The number of carbonyl (C=O) groups excluding carboxylic acids is 1. The van der Waals surface area contributed by atoms with Crippen molar-refractivity contribution in [1.82, 2.24) is 10.3 Å². The highest BCUT2D eigenvalue weighted by molar-refractivity contribution is 5.84. The number of nitrogens with zero attached hydrogens (tertiary/aromatic N) is 1. The Hall–Kier alpha value is -1.91. The van der Waals surface area contributed by atoms with Gasteiger partial charge in [-0.15, -0.1) is 0 Å². The zero-order valence-electron chi connectivity index (χ0n) is 11.5. The summed E-state index contributed by atoms with van der Waals surface area (Å²) < 4.78 is 0. The van der Waals surface area contributed by atoms with Crippen molar-refractivity contribution in [3.05, 3.63) is 30.1 Å². The van der Waals surface area contributed by atoms with E-state index in [1.807, 2.05) is 12.1 Å². The molecular weight excluding hydrogens is 244 g/mol. The topological polar surface area (TPSA) is 79.3 Å². The van der Waals surface area contributed by atoms with E-state index < -0.39 is 17.4 Å². The van der Waals surface area contributed by atoms with Gasteiger partial charge in [0.25, 0.3) is 0 Å². The molecule has 1 heterocycles. The van der Waals surface area contributed by atoms with Gasteiger partial charge in [0, 0.05) is 18.8 Å². The van der Waals surface area contributed by atoms with Crippen LogP contribution in [0.1, 0.15) is 32.8 Å². The van der Waals surface area contributed by atoms with Gasteiger partial charge in [-0.3, -0.25) is 9.78 Å². The SMILES string of the molecule is CC(C)(C)C(NC(=O)CCc1cccnc1)C(=O)O. The highest BCUT2D eigenvalue weighted by atomic mass is 16.4. The number of nitrogens with one attached hydrogen (secondary N) is 1.